The van der Waals surface area contributed by atoms with Crippen molar-refractivity contribution in [1.29, 1.82) is 0 Å². The summed E-state index contributed by atoms with van der Waals surface area (Å²) in [6.45, 7) is 10.8. The molecule has 0 amide bonds. The van der Waals surface area contributed by atoms with Gasteiger partial charge in [-0.3, -0.25) is 4.79 Å². The van der Waals surface area contributed by atoms with E-state index in [1.165, 1.54) is 6.08 Å². The summed E-state index contributed by atoms with van der Waals surface area (Å²) in [5.41, 5.74) is 0.556. The largest absolute Gasteiger partial charge is 0.298 e. The summed E-state index contributed by atoms with van der Waals surface area (Å²) in [4.78, 5) is 9.94. The molecule has 10 heavy (non-hydrogen) atoms. The molecule has 0 aromatic carbocycles. The first-order valence-corrected chi connectivity index (χ1v) is 3.25. The van der Waals surface area contributed by atoms with Gasteiger partial charge in [-0.2, -0.15) is 0 Å². The van der Waals surface area contributed by atoms with Crippen LogP contribution in [0.2, 0.25) is 0 Å². The molecule has 0 bridgehead atoms. The van der Waals surface area contributed by atoms with E-state index in [-0.39, 0.29) is 0 Å². The lowest BCUT2D eigenvalue weighted by Crippen LogP contribution is -1.73. The van der Waals surface area contributed by atoms with Crippen molar-refractivity contribution in [1.82, 2.24) is 0 Å². The smallest absolute Gasteiger partial charge is 0.150 e. The van der Waals surface area contributed by atoms with Gasteiger partial charge in [-0.15, -0.1) is 0 Å². The highest BCUT2D eigenvalue weighted by atomic mass is 16.1. The van der Waals surface area contributed by atoms with Crippen LogP contribution in [-0.2, 0) is 4.79 Å². The monoisotopic (exact) mass is 138 g/mol. The molecule has 0 saturated heterocycles. The van der Waals surface area contributed by atoms with Crippen LogP contribution in [0.4, 0.5) is 0 Å². The fourth-order valence-electron chi connectivity index (χ4n) is 0.292. The summed E-state index contributed by atoms with van der Waals surface area (Å²) >= 11 is 0. The van der Waals surface area contributed by atoms with Crippen LogP contribution in [0.1, 0.15) is 13.8 Å². The molecule has 0 aliphatic heterocycles. The molecule has 0 N–H and O–H groups in total. The lowest BCUT2D eigenvalue weighted by Gasteiger charge is -1.79. The van der Waals surface area contributed by atoms with Crippen molar-refractivity contribution in [2.45, 2.75) is 13.8 Å². The molecule has 0 aliphatic rings. The van der Waals surface area contributed by atoms with Crippen LogP contribution in [0.15, 0.2) is 37.0 Å². The first kappa shape index (κ1) is 11.7. The number of rotatable bonds is 3. The second kappa shape index (κ2) is 10.8. The maximum Gasteiger partial charge on any atom is 0.150 e. The second-order valence-corrected chi connectivity index (χ2v) is 1.22. The van der Waals surface area contributed by atoms with Crippen LogP contribution >= 0.6 is 0 Å². The highest BCUT2D eigenvalue weighted by Crippen LogP contribution is 1.88. The van der Waals surface area contributed by atoms with Gasteiger partial charge in [-0.25, -0.2) is 0 Å². The topological polar surface area (TPSA) is 17.1 Å². The maximum absolute atomic E-state index is 9.94. The Labute approximate surface area is 62.8 Å². The molecule has 1 nitrogen and oxygen atoms in total. The van der Waals surface area contributed by atoms with Crippen LogP contribution in [0, 0.1) is 0 Å². The van der Waals surface area contributed by atoms with Crippen LogP contribution < -0.4 is 0 Å². The molecule has 0 spiro atoms. The quantitative estimate of drug-likeness (QED) is 0.332. The molecule has 0 saturated carbocycles. The Balaban J connectivity index is 0. The Morgan fingerprint density at radius 1 is 1.30 bits per heavy atom. The first-order chi connectivity index (χ1) is 4.85. The average Bonchev–Trinajstić information content (AvgIpc) is 2.04. The minimum Gasteiger partial charge on any atom is -0.298 e. The molecular formula is C9H14O. The average molecular weight is 138 g/mol. The SMILES string of the molecule is C=C/C=C(\C=C)C=O.CC. The fourth-order valence-corrected chi connectivity index (χ4v) is 0.292. The minimum atomic E-state index is 0.556. The Hall–Kier alpha value is -1.11. The molecule has 0 heterocycles. The third kappa shape index (κ3) is 6.89. The van der Waals surface area contributed by atoms with Crippen molar-refractivity contribution in [3.63, 3.8) is 0 Å². The maximum atomic E-state index is 9.94. The first-order valence-electron chi connectivity index (χ1n) is 3.25. The van der Waals surface area contributed by atoms with Gasteiger partial charge in [0.25, 0.3) is 0 Å². The number of allylic oxidation sites excluding steroid dienone is 4. The van der Waals surface area contributed by atoms with E-state index in [2.05, 4.69) is 13.2 Å². The van der Waals surface area contributed by atoms with Crippen molar-refractivity contribution in [3.8, 4) is 0 Å². The van der Waals surface area contributed by atoms with Crippen LogP contribution in [0.5, 0.6) is 0 Å². The predicted octanol–water partition coefficient (Wildman–Crippen LogP) is 2.51. The predicted molar refractivity (Wildman–Crippen MR) is 45.9 cm³/mol. The van der Waals surface area contributed by atoms with E-state index < -0.39 is 0 Å². The highest BCUT2D eigenvalue weighted by Gasteiger charge is 1.79. The molecule has 0 fully saturated rings. The summed E-state index contributed by atoms with van der Waals surface area (Å²) in [6, 6.07) is 0. The zero-order valence-electron chi connectivity index (χ0n) is 6.63. The fraction of sp³-hybridized carbons (Fsp3) is 0.222. The Morgan fingerprint density at radius 3 is 1.90 bits per heavy atom. The summed E-state index contributed by atoms with van der Waals surface area (Å²) in [5, 5.41) is 0. The normalized spacial score (nSPS) is 8.80. The van der Waals surface area contributed by atoms with Crippen LogP contribution in [-0.4, -0.2) is 6.29 Å². The van der Waals surface area contributed by atoms with Crippen molar-refractivity contribution >= 4 is 6.29 Å². The zero-order chi connectivity index (χ0) is 8.41. The van der Waals surface area contributed by atoms with Crippen molar-refractivity contribution < 1.29 is 4.79 Å². The molecule has 0 aliphatic carbocycles. The van der Waals surface area contributed by atoms with Gasteiger partial charge in [0.15, 0.2) is 0 Å². The molecule has 0 aromatic rings. The minimum absolute atomic E-state index is 0.556. The van der Waals surface area contributed by atoms with Gasteiger partial charge in [0.05, 0.1) is 0 Å². The third-order valence-corrected chi connectivity index (χ3v) is 0.682. The van der Waals surface area contributed by atoms with Gasteiger partial charge in [-0.05, 0) is 0 Å². The zero-order valence-corrected chi connectivity index (χ0v) is 6.63. The summed E-state index contributed by atoms with van der Waals surface area (Å²) in [6.07, 6.45) is 5.36. The van der Waals surface area contributed by atoms with E-state index >= 15 is 0 Å². The lowest BCUT2D eigenvalue weighted by atomic mass is 10.3. The molecule has 0 rings (SSSR count). The van der Waals surface area contributed by atoms with Crippen molar-refractivity contribution in [2.24, 2.45) is 0 Å². The van der Waals surface area contributed by atoms with Gasteiger partial charge >= 0.3 is 0 Å². The molecule has 0 atom stereocenters. The van der Waals surface area contributed by atoms with Crippen LogP contribution in [0.3, 0.4) is 0 Å². The molecule has 56 valence electrons. The molecule has 0 unspecified atom stereocenters. The van der Waals surface area contributed by atoms with Gasteiger partial charge in [0, 0.05) is 5.57 Å². The highest BCUT2D eigenvalue weighted by molar-refractivity contribution is 5.77. The van der Waals surface area contributed by atoms with E-state index in [0.29, 0.717) is 5.57 Å². The summed E-state index contributed by atoms with van der Waals surface area (Å²) in [7, 11) is 0. The van der Waals surface area contributed by atoms with Gasteiger partial charge in [0.2, 0.25) is 0 Å². The standard InChI is InChI=1S/C7H8O.C2H6/c1-3-5-7(4-2)6-8;1-2/h3-6H,1-2H2;1-2H3/b7-5+;. The number of carbonyl (C=O) groups excluding carboxylic acids is 1. The Morgan fingerprint density at radius 2 is 1.80 bits per heavy atom. The number of hydrogen-bond acceptors (Lipinski definition) is 1. The summed E-state index contributed by atoms with van der Waals surface area (Å²) < 4.78 is 0. The van der Waals surface area contributed by atoms with Crippen LogP contribution in [0.25, 0.3) is 0 Å². The Bertz CT molecular complexity index is 122. The van der Waals surface area contributed by atoms with Crippen molar-refractivity contribution in [2.75, 3.05) is 0 Å². The Kier molecular flexibility index (Phi) is 12.6. The molecule has 0 aromatic heterocycles. The van der Waals surface area contributed by atoms with E-state index in [1.54, 1.807) is 12.2 Å². The molecule has 1 heteroatoms. The number of carbonyl (C=O) groups is 1. The van der Waals surface area contributed by atoms with Gasteiger partial charge in [-0.1, -0.05) is 45.2 Å². The third-order valence-electron chi connectivity index (χ3n) is 0.682. The van der Waals surface area contributed by atoms with E-state index in [0.717, 1.165) is 6.29 Å². The summed E-state index contributed by atoms with van der Waals surface area (Å²) in [5.74, 6) is 0. The van der Waals surface area contributed by atoms with E-state index in [1.807, 2.05) is 13.8 Å². The van der Waals surface area contributed by atoms with E-state index in [9.17, 15) is 4.79 Å². The number of aldehydes is 1. The lowest BCUT2D eigenvalue weighted by molar-refractivity contribution is -0.104. The van der Waals surface area contributed by atoms with Crippen molar-refractivity contribution in [3.05, 3.63) is 37.0 Å². The second-order valence-electron chi connectivity index (χ2n) is 1.22. The van der Waals surface area contributed by atoms with Gasteiger partial charge < -0.3 is 0 Å². The van der Waals surface area contributed by atoms with E-state index in [4.69, 9.17) is 0 Å². The number of hydrogen-bond donors (Lipinski definition) is 0. The molecular weight excluding hydrogens is 124 g/mol. The molecule has 0 radical (unpaired) electrons. The van der Waals surface area contributed by atoms with Gasteiger partial charge in [0.1, 0.15) is 6.29 Å².